The molecule has 0 saturated carbocycles. The van der Waals surface area contributed by atoms with Gasteiger partial charge in [0.05, 0.1) is 33.0 Å². The molecule has 0 amide bonds. The number of benzene rings is 5. The van der Waals surface area contributed by atoms with E-state index >= 15 is 0 Å². The molecule has 2 unspecified atom stereocenters. The molecule has 5 aliphatic heterocycles. The van der Waals surface area contributed by atoms with E-state index in [1.54, 1.807) is 59.0 Å². The predicted octanol–water partition coefficient (Wildman–Crippen LogP) is 13.2. The third-order valence-corrected chi connectivity index (χ3v) is 17.2. The van der Waals surface area contributed by atoms with Crippen LogP contribution in [0.5, 0.6) is 0 Å². The minimum absolute atomic E-state index is 0. The summed E-state index contributed by atoms with van der Waals surface area (Å²) in [6.07, 6.45) is 10.7. The Balaban J connectivity index is 0. The molecule has 0 aromatic heterocycles. The van der Waals surface area contributed by atoms with Crippen molar-refractivity contribution in [2.75, 3.05) is 106 Å². The first-order valence-electron chi connectivity index (χ1n) is 34.4. The summed E-state index contributed by atoms with van der Waals surface area (Å²) in [4.78, 5) is 78.0. The Morgan fingerprint density at radius 1 is 0.462 bits per heavy atom. The maximum Gasteiger partial charge on any atom is 0.391 e. The van der Waals surface area contributed by atoms with Crippen LogP contribution < -0.4 is 16.9 Å². The van der Waals surface area contributed by atoms with Gasteiger partial charge in [-0.15, -0.1) is 12.4 Å². The number of hydrogen-bond donors (Lipinski definition) is 5. The Morgan fingerprint density at radius 2 is 0.750 bits per heavy atom. The van der Waals surface area contributed by atoms with E-state index in [-0.39, 0.29) is 86.6 Å². The molecular formula is C78H113Cl2N4O19Pd-. The minimum atomic E-state index is -1.08. The fraction of sp³-hybridized carbons (Fsp3) is 0.500. The van der Waals surface area contributed by atoms with Gasteiger partial charge in [-0.25, -0.2) is 29.9 Å². The summed E-state index contributed by atoms with van der Waals surface area (Å²) in [5, 5.41) is 20.4. The van der Waals surface area contributed by atoms with Crippen molar-refractivity contribution in [1.82, 2.24) is 5.32 Å². The number of esters is 5. The summed E-state index contributed by atoms with van der Waals surface area (Å²) < 4.78 is 50.5. The van der Waals surface area contributed by atoms with E-state index in [0.717, 1.165) is 134 Å². The van der Waals surface area contributed by atoms with Crippen molar-refractivity contribution in [2.45, 2.75) is 148 Å². The molecule has 23 nitrogen and oxygen atoms in total. The van der Waals surface area contributed by atoms with Crippen molar-refractivity contribution >= 4 is 70.6 Å². The molecule has 5 aromatic rings. The summed E-state index contributed by atoms with van der Waals surface area (Å²) in [6.45, 7) is 18.3. The Kier molecular flexibility index (Phi) is 53.6. The zero-order valence-electron chi connectivity index (χ0n) is 60.4. The van der Waals surface area contributed by atoms with Crippen LogP contribution in [0.25, 0.3) is 0 Å². The van der Waals surface area contributed by atoms with E-state index in [4.69, 9.17) is 70.4 Å². The second-order valence-electron chi connectivity index (χ2n) is 23.3. The molecule has 5 heterocycles. The number of ketones is 1. The topological polar surface area (TPSA) is 329 Å². The van der Waals surface area contributed by atoms with Crippen LogP contribution in [-0.4, -0.2) is 163 Å². The van der Waals surface area contributed by atoms with Gasteiger partial charge >= 0.3 is 35.1 Å². The zero-order chi connectivity index (χ0) is 72.9. The van der Waals surface area contributed by atoms with Crippen LogP contribution in [0, 0.1) is 7.43 Å². The molecule has 26 heteroatoms. The molecule has 10 rings (SSSR count). The van der Waals surface area contributed by atoms with Gasteiger partial charge in [-0.3, -0.25) is 9.59 Å². The van der Waals surface area contributed by atoms with Crippen LogP contribution in [0.2, 0.25) is 0 Å². The normalized spacial score (nSPS) is 15.8. The van der Waals surface area contributed by atoms with Gasteiger partial charge in [0.2, 0.25) is 0 Å². The fourth-order valence-corrected chi connectivity index (χ4v) is 11.6. The van der Waals surface area contributed by atoms with Crippen LogP contribution in [0.1, 0.15) is 204 Å². The smallest absolute Gasteiger partial charge is 0.391 e. The number of nitrogens with zero attached hydrogens (tertiary/aromatic N) is 1. The third-order valence-electron chi connectivity index (χ3n) is 17.0. The average Bonchev–Trinajstić information content (AvgIpc) is 0.857. The van der Waals surface area contributed by atoms with E-state index in [1.807, 2.05) is 55.5 Å². The first-order chi connectivity index (χ1) is 48.6. The van der Waals surface area contributed by atoms with Gasteiger partial charge in [0, 0.05) is 99.0 Å². The molecule has 0 radical (unpaired) electrons. The number of oxime groups is 1. The zero-order valence-corrected chi connectivity index (χ0v) is 63.5. The molecule has 0 spiro atoms. The monoisotopic (exact) mass is 1590 g/mol. The molecule has 104 heavy (non-hydrogen) atoms. The summed E-state index contributed by atoms with van der Waals surface area (Å²) in [5.41, 5.74) is 15.0. The second kappa shape index (κ2) is 57.4. The van der Waals surface area contributed by atoms with Crippen molar-refractivity contribution in [3.8, 4) is 0 Å². The average molecular weight is 1590 g/mol. The Hall–Kier alpha value is -6.86. The maximum atomic E-state index is 11.9. The Labute approximate surface area is 641 Å². The number of carbonyl (C=O) groups excluding carboxylic acids is 7. The molecule has 2 atom stereocenters. The molecule has 5 saturated heterocycles. The molecule has 5 fully saturated rings. The van der Waals surface area contributed by atoms with Crippen molar-refractivity contribution in [3.05, 3.63) is 185 Å². The molecule has 0 bridgehead atoms. The number of ether oxygens (including phenoxy) is 10. The van der Waals surface area contributed by atoms with E-state index < -0.39 is 41.0 Å². The number of Topliss-reactive ketones (excluding diaryl/α,β-unsaturated/α-hetero) is 1. The maximum absolute atomic E-state index is 11.9. The van der Waals surface area contributed by atoms with E-state index in [9.17, 15) is 33.6 Å². The molecule has 584 valence electrons. The van der Waals surface area contributed by atoms with Crippen LogP contribution in [0.4, 0.5) is 0 Å². The second-order valence-corrected chi connectivity index (χ2v) is 23.7. The molecule has 0 aliphatic carbocycles. The Bertz CT molecular complexity index is 3190. The summed E-state index contributed by atoms with van der Waals surface area (Å²) in [5.74, 6) is 2.77. The van der Waals surface area contributed by atoms with E-state index in [2.05, 4.69) is 75.7 Å². The van der Waals surface area contributed by atoms with Crippen LogP contribution >= 0.6 is 24.0 Å². The number of hydrogen-bond acceptors (Lipinski definition) is 23. The number of nitrogens with two attached hydrogens (primary N) is 2. The first-order valence-corrected chi connectivity index (χ1v) is 34.8. The first kappa shape index (κ1) is 97.1. The third kappa shape index (κ3) is 34.6. The standard InChI is InChI=1S/C16H23NO3.C15H19NO4.C15H21NO3.C15H18O4.C11H14O.C4H5ClO3.CH4.CH3.ClH.H3NO.Pd.H2/c1-3-20-16(18)15(17-2)14-6-4-12(5-7-14)13-8-10-19-11-9-13;1-2-20-15(17)14(16-18)13-5-3-11(4-6-13)12-7-9-19-10-8-12;2*1-2-19-15(17)14(16)13-5-3-11(4-6-13)12-7-9-18-10-8-12;1-2-4-10(5-3-1)11-6-8-12-9-7-11;1-2-8-4(7)3(5)6;;;;1-2;;/h4-7,13,15,17H,3,8-11H2,1-2H3;3-6,12,18H,2,7-10H2,1H3;3-6,12,14H,2,7-10,16H2,1H3;3-6,12H,2,7-10H2,1H3;1-5,11H,6-9H2;2H2,1H3;1H4;1H3;1H;2H,1H2;;1H/q;;;;;;;-1;;;;/b;16-14-;;;;;;;;;;. The van der Waals surface area contributed by atoms with Crippen molar-refractivity contribution in [2.24, 2.45) is 16.8 Å². The summed E-state index contributed by atoms with van der Waals surface area (Å²) in [6, 6.07) is 40.6. The number of rotatable bonds is 20. The van der Waals surface area contributed by atoms with Gasteiger partial charge in [-0.05, 0) is 186 Å². The van der Waals surface area contributed by atoms with Crippen LogP contribution in [-0.2, 0) is 96.6 Å². The predicted molar refractivity (Wildman–Crippen MR) is 400 cm³/mol. The quantitative estimate of drug-likeness (QED) is 0.00462. The van der Waals surface area contributed by atoms with Crippen LogP contribution in [0.3, 0.4) is 0 Å². The van der Waals surface area contributed by atoms with Gasteiger partial charge in [0.1, 0.15) is 12.1 Å². The van der Waals surface area contributed by atoms with Gasteiger partial charge in [0.25, 0.3) is 5.78 Å². The van der Waals surface area contributed by atoms with Gasteiger partial charge < -0.3 is 76.3 Å². The molecular weight excluding hydrogens is 1470 g/mol. The van der Waals surface area contributed by atoms with Gasteiger partial charge in [-0.1, -0.05) is 140 Å². The number of halogens is 2. The SMILES string of the molecule is C.CCOC(=O)/C(=N\O)c1ccc(C2CCOCC2)cc1.CCOC(=O)C(=O)Cl.CCOC(=O)C(=O)c1ccc(C2CCOCC2)cc1.CCOC(=O)C(N)c1ccc(C2CCOCC2)cc1.CCOC(=O)C(NC)c1ccc(C2CCOCC2)cc1.Cl.NO.[CH3-].[HH].[Pd].c1ccc(C2CCOCC2)cc1. The van der Waals surface area contributed by atoms with Gasteiger partial charge in [0.15, 0.2) is 5.71 Å². The minimum Gasteiger partial charge on any atom is -0.465 e. The van der Waals surface area contributed by atoms with Crippen molar-refractivity contribution < 1.29 is 113 Å². The van der Waals surface area contributed by atoms with E-state index in [1.165, 1.54) is 40.7 Å². The summed E-state index contributed by atoms with van der Waals surface area (Å²) in [7, 11) is 1.77. The van der Waals surface area contributed by atoms with Gasteiger partial charge in [-0.2, -0.15) is 0 Å². The molecule has 7 N–H and O–H groups in total. The molecule has 5 aliphatic rings. The largest absolute Gasteiger partial charge is 0.465 e. The number of carbonyl (C=O) groups is 7. The van der Waals surface area contributed by atoms with Crippen molar-refractivity contribution in [1.29, 1.82) is 0 Å². The fourth-order valence-electron chi connectivity index (χ4n) is 11.6. The molecule has 5 aromatic carbocycles. The summed E-state index contributed by atoms with van der Waals surface area (Å²) >= 11 is 4.69. The van der Waals surface area contributed by atoms with E-state index in [0.29, 0.717) is 48.0 Å². The van der Waals surface area contributed by atoms with Crippen molar-refractivity contribution in [3.63, 3.8) is 0 Å². The number of likely N-dealkylation sites (N-methyl/N-ethyl adjacent to an activating group) is 1. The number of nitrogens with one attached hydrogen (secondary N) is 1. The van der Waals surface area contributed by atoms with Crippen LogP contribution in [0.15, 0.2) is 133 Å². The Morgan fingerprint density at radius 3 is 1.06 bits per heavy atom.